The van der Waals surface area contributed by atoms with Crippen molar-refractivity contribution < 1.29 is 27.7 Å². The zero-order valence-electron chi connectivity index (χ0n) is 22.5. The molecule has 1 atom stereocenters. The molecule has 0 saturated heterocycles. The van der Waals surface area contributed by atoms with Crippen molar-refractivity contribution >= 4 is 16.8 Å². The minimum absolute atomic E-state index is 0.218. The summed E-state index contributed by atoms with van der Waals surface area (Å²) in [6, 6.07) is 2.68. The van der Waals surface area contributed by atoms with Gasteiger partial charge in [-0.05, 0) is 45.8 Å². The molecule has 1 unspecified atom stereocenters. The highest BCUT2D eigenvalue weighted by Gasteiger charge is 2.36. The Hall–Kier alpha value is -0.143. The predicted octanol–water partition coefficient (Wildman–Crippen LogP) is 5.35. The lowest BCUT2D eigenvalue weighted by molar-refractivity contribution is 0.00341. The number of nitriles is 1. The molecular weight excluding hydrogens is 459 g/mol. The molecule has 0 aromatic rings. The van der Waals surface area contributed by atoms with Crippen molar-refractivity contribution in [3.8, 4) is 6.07 Å². The van der Waals surface area contributed by atoms with Gasteiger partial charge in [-0.3, -0.25) is 0 Å². The standard InChI is InChI=1S/C23H49N2O6PSi/c1-21(2)25(22(3)4)32(29-12-10-11-24)30-19-17-27-15-13-26-14-16-28-18-20-31-33(8,9)23(5,6)7/h21-22H,10,12-20H2,1-9H3. The fourth-order valence-corrected chi connectivity index (χ4v) is 5.20. The maximum atomic E-state index is 8.76. The van der Waals surface area contributed by atoms with Gasteiger partial charge in [-0.1, -0.05) is 20.8 Å². The molecule has 0 fully saturated rings. The monoisotopic (exact) mass is 508 g/mol. The van der Waals surface area contributed by atoms with Crippen molar-refractivity contribution in [2.75, 3.05) is 59.5 Å². The second kappa shape index (κ2) is 18.2. The van der Waals surface area contributed by atoms with Crippen LogP contribution >= 0.6 is 8.53 Å². The van der Waals surface area contributed by atoms with Crippen LogP contribution < -0.4 is 0 Å². The van der Waals surface area contributed by atoms with Crippen LogP contribution in [0.5, 0.6) is 0 Å². The Morgan fingerprint density at radius 1 is 0.758 bits per heavy atom. The quantitative estimate of drug-likeness (QED) is 0.124. The first-order valence-corrected chi connectivity index (χ1v) is 16.1. The van der Waals surface area contributed by atoms with Gasteiger partial charge in [-0.15, -0.1) is 0 Å². The molecule has 0 aliphatic rings. The van der Waals surface area contributed by atoms with Gasteiger partial charge in [0.15, 0.2) is 8.32 Å². The number of hydrogen-bond donors (Lipinski definition) is 0. The third kappa shape index (κ3) is 15.5. The van der Waals surface area contributed by atoms with Gasteiger partial charge in [0.25, 0.3) is 8.53 Å². The Bertz CT molecular complexity index is 518. The molecule has 0 aliphatic carbocycles. The fourth-order valence-electron chi connectivity index (χ4n) is 2.60. The van der Waals surface area contributed by atoms with E-state index < -0.39 is 16.8 Å². The lowest BCUT2D eigenvalue weighted by Crippen LogP contribution is -2.41. The largest absolute Gasteiger partial charge is 0.414 e. The summed E-state index contributed by atoms with van der Waals surface area (Å²) >= 11 is 0. The fraction of sp³-hybridized carbons (Fsp3) is 0.957. The minimum Gasteiger partial charge on any atom is -0.414 e. The van der Waals surface area contributed by atoms with Crippen LogP contribution in [-0.2, 0) is 27.7 Å². The molecular formula is C23H49N2O6PSi. The van der Waals surface area contributed by atoms with Crippen molar-refractivity contribution in [1.82, 2.24) is 4.67 Å². The van der Waals surface area contributed by atoms with Crippen LogP contribution in [0, 0.1) is 11.3 Å². The Balaban J connectivity index is 3.84. The maximum Gasteiger partial charge on any atom is 0.259 e. The van der Waals surface area contributed by atoms with Crippen molar-refractivity contribution in [3.05, 3.63) is 0 Å². The number of hydrogen-bond acceptors (Lipinski definition) is 8. The Labute approximate surface area is 205 Å². The minimum atomic E-state index is -1.70. The van der Waals surface area contributed by atoms with Crippen molar-refractivity contribution in [2.45, 2.75) is 85.1 Å². The first kappa shape index (κ1) is 32.9. The molecule has 10 heteroatoms. The van der Waals surface area contributed by atoms with Crippen LogP contribution in [0.3, 0.4) is 0 Å². The van der Waals surface area contributed by atoms with E-state index in [1.807, 2.05) is 0 Å². The van der Waals surface area contributed by atoms with E-state index in [1.54, 1.807) is 0 Å². The SMILES string of the molecule is CC(C)N(C(C)C)P(OCCC#N)OCCOCCOCCOCCO[Si](C)(C)C(C)(C)C. The Kier molecular flexibility index (Phi) is 18.1. The summed E-state index contributed by atoms with van der Waals surface area (Å²) in [5.41, 5.74) is 0. The summed E-state index contributed by atoms with van der Waals surface area (Å²) in [4.78, 5) is 0. The zero-order chi connectivity index (χ0) is 25.3. The molecule has 33 heavy (non-hydrogen) atoms. The van der Waals surface area contributed by atoms with Crippen LogP contribution in [-0.4, -0.2) is 84.5 Å². The van der Waals surface area contributed by atoms with Crippen LogP contribution in [0.2, 0.25) is 18.1 Å². The van der Waals surface area contributed by atoms with E-state index in [0.29, 0.717) is 65.9 Å². The molecule has 196 valence electrons. The van der Waals surface area contributed by atoms with Crippen LogP contribution in [0.25, 0.3) is 0 Å². The zero-order valence-corrected chi connectivity index (χ0v) is 24.4. The van der Waals surface area contributed by atoms with Crippen molar-refractivity contribution in [3.63, 3.8) is 0 Å². The van der Waals surface area contributed by atoms with Gasteiger partial charge < -0.3 is 27.7 Å². The molecule has 0 aromatic carbocycles. The molecule has 0 aliphatic heterocycles. The van der Waals surface area contributed by atoms with E-state index in [4.69, 9.17) is 32.9 Å². The van der Waals surface area contributed by atoms with Crippen LogP contribution in [0.1, 0.15) is 54.9 Å². The van der Waals surface area contributed by atoms with Gasteiger partial charge in [0.1, 0.15) is 0 Å². The molecule has 0 spiro atoms. The Morgan fingerprint density at radius 3 is 1.61 bits per heavy atom. The van der Waals surface area contributed by atoms with E-state index in [1.165, 1.54) is 0 Å². The highest BCUT2D eigenvalue weighted by molar-refractivity contribution is 7.44. The Morgan fingerprint density at radius 2 is 1.18 bits per heavy atom. The number of ether oxygens (including phenoxy) is 3. The molecule has 8 nitrogen and oxygen atoms in total. The third-order valence-electron chi connectivity index (χ3n) is 5.33. The van der Waals surface area contributed by atoms with Gasteiger partial charge in [0.2, 0.25) is 0 Å². The molecule has 0 radical (unpaired) electrons. The lowest BCUT2D eigenvalue weighted by atomic mass is 10.2. The topological polar surface area (TPSA) is 82.4 Å². The van der Waals surface area contributed by atoms with Gasteiger partial charge in [-0.2, -0.15) is 5.26 Å². The normalized spacial score (nSPS) is 13.8. The van der Waals surface area contributed by atoms with E-state index in [0.717, 1.165) is 0 Å². The van der Waals surface area contributed by atoms with Gasteiger partial charge in [0.05, 0.1) is 72.0 Å². The second-order valence-corrected chi connectivity index (χ2v) is 16.1. The summed E-state index contributed by atoms with van der Waals surface area (Å²) in [5, 5.41) is 8.98. The smallest absolute Gasteiger partial charge is 0.259 e. The van der Waals surface area contributed by atoms with E-state index in [9.17, 15) is 0 Å². The van der Waals surface area contributed by atoms with Crippen molar-refractivity contribution in [2.24, 2.45) is 0 Å². The second-order valence-electron chi connectivity index (χ2n) is 9.83. The van der Waals surface area contributed by atoms with E-state index in [2.05, 4.69) is 72.3 Å². The molecule has 0 heterocycles. The average Bonchev–Trinajstić information content (AvgIpc) is 2.69. The number of nitrogens with zero attached hydrogens (tertiary/aromatic N) is 2. The summed E-state index contributed by atoms with van der Waals surface area (Å²) in [6.07, 6.45) is 0.355. The first-order chi connectivity index (χ1) is 15.4. The van der Waals surface area contributed by atoms with Gasteiger partial charge in [-0.25, -0.2) is 4.67 Å². The maximum absolute atomic E-state index is 8.76. The summed E-state index contributed by atoms with van der Waals surface area (Å²) in [5.74, 6) is 0. The molecule has 0 amide bonds. The third-order valence-corrected chi connectivity index (χ3v) is 12.0. The number of rotatable bonds is 20. The highest BCUT2D eigenvalue weighted by atomic mass is 31.2. The predicted molar refractivity (Wildman–Crippen MR) is 137 cm³/mol. The lowest BCUT2D eigenvalue weighted by Gasteiger charge is -2.36. The molecule has 0 aromatic heterocycles. The first-order valence-electron chi connectivity index (χ1n) is 12.0. The summed E-state index contributed by atoms with van der Waals surface area (Å²) < 4.78 is 36.8. The highest BCUT2D eigenvalue weighted by Crippen LogP contribution is 2.45. The molecule has 0 bridgehead atoms. The molecule has 0 rings (SSSR count). The average molecular weight is 509 g/mol. The van der Waals surface area contributed by atoms with Crippen molar-refractivity contribution in [1.29, 1.82) is 5.26 Å². The van der Waals surface area contributed by atoms with E-state index in [-0.39, 0.29) is 17.1 Å². The molecule has 0 saturated carbocycles. The van der Waals surface area contributed by atoms with Gasteiger partial charge in [0, 0.05) is 12.1 Å². The summed E-state index contributed by atoms with van der Waals surface area (Å²) in [6.45, 7) is 24.3. The van der Waals surface area contributed by atoms with Gasteiger partial charge >= 0.3 is 0 Å². The summed E-state index contributed by atoms with van der Waals surface area (Å²) in [7, 11) is -2.92. The van der Waals surface area contributed by atoms with Crippen LogP contribution in [0.4, 0.5) is 0 Å². The van der Waals surface area contributed by atoms with Crippen LogP contribution in [0.15, 0.2) is 0 Å². The molecule has 0 N–H and O–H groups in total. The van der Waals surface area contributed by atoms with E-state index >= 15 is 0 Å².